The number of hydrogen-bond acceptors (Lipinski definition) is 5. The van der Waals surface area contributed by atoms with Crippen LogP contribution in [-0.4, -0.2) is 45.7 Å². The summed E-state index contributed by atoms with van der Waals surface area (Å²) in [6.07, 6.45) is 2.57. The largest absolute Gasteiger partial charge is 0.476 e. The summed E-state index contributed by atoms with van der Waals surface area (Å²) in [6, 6.07) is 9.06. The molecule has 3 rings (SSSR count). The van der Waals surface area contributed by atoms with E-state index in [9.17, 15) is 4.79 Å². The van der Waals surface area contributed by atoms with Gasteiger partial charge >= 0.3 is 0 Å². The van der Waals surface area contributed by atoms with Gasteiger partial charge in [-0.1, -0.05) is 6.07 Å². The van der Waals surface area contributed by atoms with Crippen molar-refractivity contribution in [1.82, 2.24) is 20.1 Å². The Hall–Kier alpha value is -2.50. The predicted molar refractivity (Wildman–Crippen MR) is 80.5 cm³/mol. The number of aryl methyl sites for hydroxylation is 1. The molecule has 0 spiro atoms. The van der Waals surface area contributed by atoms with Crippen molar-refractivity contribution in [2.45, 2.75) is 13.3 Å². The Morgan fingerprint density at radius 3 is 2.95 bits per heavy atom. The normalized spacial score (nSPS) is 17.5. The average Bonchev–Trinajstić information content (AvgIpc) is 3.03. The third-order valence-electron chi connectivity index (χ3n) is 3.70. The van der Waals surface area contributed by atoms with Gasteiger partial charge in [0.1, 0.15) is 5.69 Å². The molecule has 1 unspecified atom stereocenters. The van der Waals surface area contributed by atoms with E-state index < -0.39 is 0 Å². The molecular formula is C16H18N4O2. The second kappa shape index (κ2) is 6.51. The molecule has 0 aliphatic carbocycles. The highest BCUT2D eigenvalue weighted by Crippen LogP contribution is 2.19. The molecule has 2 aromatic heterocycles. The van der Waals surface area contributed by atoms with Gasteiger partial charge in [-0.15, -0.1) is 5.10 Å². The van der Waals surface area contributed by atoms with E-state index in [0.717, 1.165) is 18.7 Å². The standard InChI is InChI=1S/C16H18N4O2/c1-12-5-6-15(19-18-12)22-11-13-7-9-20(10-13)16(21)14-4-2-3-8-17-14/h2-6,8,13H,7,9-11H2,1H3. The van der Waals surface area contributed by atoms with Crippen LogP contribution in [0.4, 0.5) is 0 Å². The fourth-order valence-corrected chi connectivity index (χ4v) is 2.47. The lowest BCUT2D eigenvalue weighted by Gasteiger charge is -2.16. The summed E-state index contributed by atoms with van der Waals surface area (Å²) >= 11 is 0. The quantitative estimate of drug-likeness (QED) is 0.859. The third-order valence-corrected chi connectivity index (χ3v) is 3.70. The first-order chi connectivity index (χ1) is 10.7. The number of nitrogens with zero attached hydrogens (tertiary/aromatic N) is 4. The van der Waals surface area contributed by atoms with Crippen LogP contribution in [0.2, 0.25) is 0 Å². The van der Waals surface area contributed by atoms with E-state index in [-0.39, 0.29) is 5.91 Å². The lowest BCUT2D eigenvalue weighted by Crippen LogP contribution is -2.30. The van der Waals surface area contributed by atoms with Gasteiger partial charge < -0.3 is 9.64 Å². The van der Waals surface area contributed by atoms with Gasteiger partial charge in [0.05, 0.1) is 12.3 Å². The molecule has 0 saturated carbocycles. The van der Waals surface area contributed by atoms with Crippen LogP contribution >= 0.6 is 0 Å². The molecular weight excluding hydrogens is 280 g/mol. The number of carbonyl (C=O) groups excluding carboxylic acids is 1. The summed E-state index contributed by atoms with van der Waals surface area (Å²) < 4.78 is 5.65. The van der Waals surface area contributed by atoms with Gasteiger partial charge in [-0.2, -0.15) is 5.10 Å². The molecule has 1 aliphatic heterocycles. The van der Waals surface area contributed by atoms with Gasteiger partial charge in [0.25, 0.3) is 5.91 Å². The second-order valence-corrected chi connectivity index (χ2v) is 5.44. The van der Waals surface area contributed by atoms with E-state index in [4.69, 9.17) is 4.74 Å². The Labute approximate surface area is 129 Å². The number of ether oxygens (including phenoxy) is 1. The van der Waals surface area contributed by atoms with Crippen molar-refractivity contribution in [1.29, 1.82) is 0 Å². The zero-order valence-electron chi connectivity index (χ0n) is 12.5. The lowest BCUT2D eigenvalue weighted by molar-refractivity contribution is 0.0777. The fourth-order valence-electron chi connectivity index (χ4n) is 2.47. The molecule has 0 N–H and O–H groups in total. The van der Waals surface area contributed by atoms with Crippen LogP contribution in [0.25, 0.3) is 0 Å². The molecule has 1 atom stereocenters. The Balaban J connectivity index is 1.52. The molecule has 0 bridgehead atoms. The molecule has 1 amide bonds. The van der Waals surface area contributed by atoms with Crippen LogP contribution in [0.3, 0.4) is 0 Å². The average molecular weight is 298 g/mol. The summed E-state index contributed by atoms with van der Waals surface area (Å²) in [6.45, 7) is 3.86. The zero-order valence-corrected chi connectivity index (χ0v) is 12.5. The second-order valence-electron chi connectivity index (χ2n) is 5.44. The van der Waals surface area contributed by atoms with E-state index in [2.05, 4.69) is 15.2 Å². The van der Waals surface area contributed by atoms with Crippen molar-refractivity contribution in [2.75, 3.05) is 19.7 Å². The van der Waals surface area contributed by atoms with Crippen molar-refractivity contribution in [3.63, 3.8) is 0 Å². The molecule has 3 heterocycles. The summed E-state index contributed by atoms with van der Waals surface area (Å²) in [5, 5.41) is 7.94. The Morgan fingerprint density at radius 2 is 2.23 bits per heavy atom. The number of aromatic nitrogens is 3. The molecule has 114 valence electrons. The van der Waals surface area contributed by atoms with E-state index >= 15 is 0 Å². The molecule has 1 aliphatic rings. The smallest absolute Gasteiger partial charge is 0.272 e. The first kappa shape index (κ1) is 14.4. The van der Waals surface area contributed by atoms with Crippen LogP contribution in [0, 0.1) is 12.8 Å². The Morgan fingerprint density at radius 1 is 1.32 bits per heavy atom. The number of likely N-dealkylation sites (tertiary alicyclic amines) is 1. The number of amides is 1. The summed E-state index contributed by atoms with van der Waals surface area (Å²) in [5.74, 6) is 0.828. The fraction of sp³-hybridized carbons (Fsp3) is 0.375. The van der Waals surface area contributed by atoms with Gasteiger partial charge in [0.2, 0.25) is 5.88 Å². The number of hydrogen-bond donors (Lipinski definition) is 0. The summed E-state index contributed by atoms with van der Waals surface area (Å²) in [4.78, 5) is 18.2. The molecule has 1 fully saturated rings. The third kappa shape index (κ3) is 3.39. The number of carbonyl (C=O) groups is 1. The van der Waals surface area contributed by atoms with Crippen molar-refractivity contribution in [2.24, 2.45) is 5.92 Å². The first-order valence-electron chi connectivity index (χ1n) is 7.36. The van der Waals surface area contributed by atoms with Crippen LogP contribution in [0.1, 0.15) is 22.6 Å². The van der Waals surface area contributed by atoms with Crippen LogP contribution in [0.5, 0.6) is 5.88 Å². The monoisotopic (exact) mass is 298 g/mol. The van der Waals surface area contributed by atoms with Gasteiger partial charge in [0, 0.05) is 31.3 Å². The maximum absolute atomic E-state index is 12.3. The van der Waals surface area contributed by atoms with Crippen LogP contribution in [-0.2, 0) is 0 Å². The van der Waals surface area contributed by atoms with Crippen LogP contribution < -0.4 is 4.74 Å². The van der Waals surface area contributed by atoms with Gasteiger partial charge in [-0.05, 0) is 31.5 Å². The molecule has 1 saturated heterocycles. The van der Waals surface area contributed by atoms with E-state index in [0.29, 0.717) is 30.6 Å². The molecule has 6 nitrogen and oxygen atoms in total. The molecule has 6 heteroatoms. The molecule has 22 heavy (non-hydrogen) atoms. The predicted octanol–water partition coefficient (Wildman–Crippen LogP) is 1.72. The van der Waals surface area contributed by atoms with Gasteiger partial charge in [0.15, 0.2) is 0 Å². The molecule has 0 radical (unpaired) electrons. The van der Waals surface area contributed by atoms with Gasteiger partial charge in [-0.3, -0.25) is 9.78 Å². The topological polar surface area (TPSA) is 68.2 Å². The SMILES string of the molecule is Cc1ccc(OCC2CCN(C(=O)c3ccccn3)C2)nn1. The maximum atomic E-state index is 12.3. The van der Waals surface area contributed by atoms with E-state index in [1.165, 1.54) is 0 Å². The molecule has 0 aromatic carbocycles. The minimum Gasteiger partial charge on any atom is -0.476 e. The zero-order chi connectivity index (χ0) is 15.4. The first-order valence-corrected chi connectivity index (χ1v) is 7.36. The Kier molecular flexibility index (Phi) is 4.27. The van der Waals surface area contributed by atoms with Crippen molar-refractivity contribution < 1.29 is 9.53 Å². The number of pyridine rings is 1. The highest BCUT2D eigenvalue weighted by molar-refractivity contribution is 5.92. The molecule has 2 aromatic rings. The van der Waals surface area contributed by atoms with Crippen molar-refractivity contribution >= 4 is 5.91 Å². The Bertz CT molecular complexity index is 630. The lowest BCUT2D eigenvalue weighted by atomic mass is 10.1. The minimum atomic E-state index is -0.0155. The summed E-state index contributed by atoms with van der Waals surface area (Å²) in [5.41, 5.74) is 1.36. The highest BCUT2D eigenvalue weighted by atomic mass is 16.5. The van der Waals surface area contributed by atoms with Crippen LogP contribution in [0.15, 0.2) is 36.5 Å². The highest BCUT2D eigenvalue weighted by Gasteiger charge is 2.28. The van der Waals surface area contributed by atoms with Crippen molar-refractivity contribution in [3.05, 3.63) is 47.9 Å². The maximum Gasteiger partial charge on any atom is 0.272 e. The number of rotatable bonds is 4. The van der Waals surface area contributed by atoms with E-state index in [1.807, 2.05) is 30.0 Å². The minimum absolute atomic E-state index is 0.0155. The van der Waals surface area contributed by atoms with Gasteiger partial charge in [-0.25, -0.2) is 0 Å². The summed E-state index contributed by atoms with van der Waals surface area (Å²) in [7, 11) is 0. The van der Waals surface area contributed by atoms with E-state index in [1.54, 1.807) is 18.3 Å². The van der Waals surface area contributed by atoms with Crippen molar-refractivity contribution in [3.8, 4) is 5.88 Å².